The van der Waals surface area contributed by atoms with Crippen molar-refractivity contribution in [3.63, 3.8) is 0 Å². The topological polar surface area (TPSA) is 84.2 Å². The number of hydrogen-bond acceptors (Lipinski definition) is 4. The van der Waals surface area contributed by atoms with E-state index in [1.165, 1.54) is 6.39 Å². The second-order valence-corrected chi connectivity index (χ2v) is 3.69. The Morgan fingerprint density at radius 3 is 2.71 bits per heavy atom. The van der Waals surface area contributed by atoms with E-state index in [0.29, 0.717) is 12.2 Å². The van der Waals surface area contributed by atoms with Gasteiger partial charge in [-0.3, -0.25) is 9.59 Å². The van der Waals surface area contributed by atoms with E-state index in [4.69, 9.17) is 4.42 Å². The summed E-state index contributed by atoms with van der Waals surface area (Å²) in [4.78, 5) is 27.1. The molecule has 1 rings (SSSR count). The highest BCUT2D eigenvalue weighted by atomic mass is 16.3. The van der Waals surface area contributed by atoms with Crippen molar-refractivity contribution >= 4 is 11.8 Å². The minimum absolute atomic E-state index is 0.207. The fraction of sp³-hybridized carbons (Fsp3) is 0.545. The lowest BCUT2D eigenvalue weighted by molar-refractivity contribution is -0.122. The number of aromatic nitrogens is 1. The van der Waals surface area contributed by atoms with Crippen LogP contribution >= 0.6 is 0 Å². The maximum Gasteiger partial charge on any atom is 0.274 e. The third kappa shape index (κ3) is 3.30. The lowest BCUT2D eigenvalue weighted by atomic mass is 10.1. The SMILES string of the molecule is CCCC(NC(=O)c1ncoc1C)C(=O)NC. The average molecular weight is 239 g/mol. The lowest BCUT2D eigenvalue weighted by Gasteiger charge is -2.15. The van der Waals surface area contributed by atoms with Crippen LogP contribution in [0.4, 0.5) is 0 Å². The molecule has 0 saturated carbocycles. The van der Waals surface area contributed by atoms with Crippen molar-refractivity contribution in [3.8, 4) is 0 Å². The van der Waals surface area contributed by atoms with Crippen molar-refractivity contribution in [2.24, 2.45) is 0 Å². The molecule has 0 aliphatic carbocycles. The normalized spacial score (nSPS) is 11.9. The molecule has 2 amide bonds. The minimum Gasteiger partial charge on any atom is -0.448 e. The Morgan fingerprint density at radius 2 is 2.24 bits per heavy atom. The van der Waals surface area contributed by atoms with Gasteiger partial charge in [0.25, 0.3) is 5.91 Å². The van der Waals surface area contributed by atoms with E-state index in [0.717, 1.165) is 6.42 Å². The van der Waals surface area contributed by atoms with Crippen LogP contribution in [0.15, 0.2) is 10.8 Å². The molecule has 0 saturated heterocycles. The Morgan fingerprint density at radius 1 is 1.53 bits per heavy atom. The summed E-state index contributed by atoms with van der Waals surface area (Å²) in [5, 5.41) is 5.16. The highest BCUT2D eigenvalue weighted by Crippen LogP contribution is 2.05. The molecule has 0 radical (unpaired) electrons. The largest absolute Gasteiger partial charge is 0.448 e. The van der Waals surface area contributed by atoms with Crippen molar-refractivity contribution in [2.75, 3.05) is 7.05 Å². The van der Waals surface area contributed by atoms with Crippen LogP contribution in [0.25, 0.3) is 0 Å². The molecule has 6 heteroatoms. The number of oxazole rings is 1. The molecule has 0 aliphatic rings. The first-order valence-corrected chi connectivity index (χ1v) is 5.52. The molecule has 17 heavy (non-hydrogen) atoms. The second-order valence-electron chi connectivity index (χ2n) is 3.69. The predicted octanol–water partition coefficient (Wildman–Crippen LogP) is 0.628. The monoisotopic (exact) mass is 239 g/mol. The zero-order valence-corrected chi connectivity index (χ0v) is 10.2. The van der Waals surface area contributed by atoms with Gasteiger partial charge >= 0.3 is 0 Å². The maximum absolute atomic E-state index is 11.8. The zero-order valence-electron chi connectivity index (χ0n) is 10.2. The van der Waals surface area contributed by atoms with Gasteiger partial charge in [0, 0.05) is 7.05 Å². The first-order chi connectivity index (χ1) is 8.10. The summed E-state index contributed by atoms with van der Waals surface area (Å²) < 4.78 is 4.94. The van der Waals surface area contributed by atoms with Crippen LogP contribution in [0.1, 0.15) is 36.0 Å². The Kier molecular flexibility index (Phi) is 4.68. The number of carbonyl (C=O) groups excluding carboxylic acids is 2. The molecule has 0 bridgehead atoms. The van der Waals surface area contributed by atoms with Crippen LogP contribution < -0.4 is 10.6 Å². The van der Waals surface area contributed by atoms with Crippen molar-refractivity contribution in [1.82, 2.24) is 15.6 Å². The number of amides is 2. The molecule has 1 aromatic rings. The first kappa shape index (κ1) is 13.2. The number of nitrogens with zero attached hydrogens (tertiary/aromatic N) is 1. The van der Waals surface area contributed by atoms with E-state index < -0.39 is 11.9 Å². The highest BCUT2D eigenvalue weighted by Gasteiger charge is 2.21. The van der Waals surface area contributed by atoms with Gasteiger partial charge in [-0.25, -0.2) is 4.98 Å². The molecule has 0 fully saturated rings. The van der Waals surface area contributed by atoms with Gasteiger partial charge in [0.2, 0.25) is 5.91 Å². The molecule has 0 aliphatic heterocycles. The van der Waals surface area contributed by atoms with Crippen molar-refractivity contribution in [1.29, 1.82) is 0 Å². The molecule has 1 unspecified atom stereocenters. The molecule has 6 nitrogen and oxygen atoms in total. The fourth-order valence-corrected chi connectivity index (χ4v) is 1.48. The summed E-state index contributed by atoms with van der Waals surface area (Å²) in [6.07, 6.45) is 2.59. The van der Waals surface area contributed by atoms with Crippen LogP contribution in [-0.4, -0.2) is 29.9 Å². The summed E-state index contributed by atoms with van der Waals surface area (Å²) in [5.74, 6) is -0.158. The van der Waals surface area contributed by atoms with E-state index in [-0.39, 0.29) is 11.6 Å². The number of carbonyl (C=O) groups is 2. The maximum atomic E-state index is 11.8. The van der Waals surface area contributed by atoms with Crippen molar-refractivity contribution < 1.29 is 14.0 Å². The van der Waals surface area contributed by atoms with Gasteiger partial charge in [-0.2, -0.15) is 0 Å². The highest BCUT2D eigenvalue weighted by molar-refractivity contribution is 5.96. The van der Waals surface area contributed by atoms with Crippen LogP contribution in [0, 0.1) is 6.92 Å². The molecule has 0 aromatic carbocycles. The van der Waals surface area contributed by atoms with Crippen molar-refractivity contribution in [3.05, 3.63) is 17.8 Å². The van der Waals surface area contributed by atoms with E-state index in [9.17, 15) is 9.59 Å². The average Bonchev–Trinajstić information content (AvgIpc) is 2.73. The van der Waals surface area contributed by atoms with Gasteiger partial charge in [-0.1, -0.05) is 13.3 Å². The predicted molar refractivity (Wildman–Crippen MR) is 61.5 cm³/mol. The molecular weight excluding hydrogens is 222 g/mol. The molecule has 2 N–H and O–H groups in total. The third-order valence-electron chi connectivity index (χ3n) is 2.41. The standard InChI is InChI=1S/C11H17N3O3/c1-4-5-8(10(15)12-3)14-11(16)9-7(2)17-6-13-9/h6,8H,4-5H2,1-3H3,(H,12,15)(H,14,16). The summed E-state index contributed by atoms with van der Waals surface area (Å²) in [5.41, 5.74) is 0.218. The molecule has 1 heterocycles. The molecule has 0 spiro atoms. The Bertz CT molecular complexity index is 400. The van der Waals surface area contributed by atoms with Gasteiger partial charge in [0.1, 0.15) is 11.8 Å². The van der Waals surface area contributed by atoms with E-state index in [1.807, 2.05) is 6.92 Å². The zero-order chi connectivity index (χ0) is 12.8. The Balaban J connectivity index is 2.71. The fourth-order valence-electron chi connectivity index (χ4n) is 1.48. The van der Waals surface area contributed by atoms with Gasteiger partial charge in [0.05, 0.1) is 0 Å². The number of hydrogen-bond donors (Lipinski definition) is 2. The summed E-state index contributed by atoms with van der Waals surface area (Å²) in [6, 6.07) is -0.534. The first-order valence-electron chi connectivity index (χ1n) is 5.52. The van der Waals surface area contributed by atoms with Gasteiger partial charge < -0.3 is 15.1 Å². The van der Waals surface area contributed by atoms with Crippen LogP contribution in [-0.2, 0) is 4.79 Å². The van der Waals surface area contributed by atoms with Gasteiger partial charge in [0.15, 0.2) is 12.1 Å². The molecule has 94 valence electrons. The summed E-state index contributed by atoms with van der Waals surface area (Å²) in [7, 11) is 1.54. The van der Waals surface area contributed by atoms with E-state index in [1.54, 1.807) is 14.0 Å². The minimum atomic E-state index is -0.534. The lowest BCUT2D eigenvalue weighted by Crippen LogP contribution is -2.45. The molecule has 1 atom stereocenters. The Labute approximate surface area is 99.8 Å². The summed E-state index contributed by atoms with van der Waals surface area (Å²) in [6.45, 7) is 3.60. The van der Waals surface area contributed by atoms with Crippen molar-refractivity contribution in [2.45, 2.75) is 32.7 Å². The number of nitrogens with one attached hydrogen (secondary N) is 2. The van der Waals surface area contributed by atoms with Crippen LogP contribution in [0.5, 0.6) is 0 Å². The molecule has 1 aromatic heterocycles. The number of likely N-dealkylation sites (N-methyl/N-ethyl adjacent to an activating group) is 1. The quantitative estimate of drug-likeness (QED) is 0.789. The summed E-state index contributed by atoms with van der Waals surface area (Å²) >= 11 is 0. The van der Waals surface area contributed by atoms with E-state index >= 15 is 0 Å². The number of rotatable bonds is 5. The van der Waals surface area contributed by atoms with Gasteiger partial charge in [-0.15, -0.1) is 0 Å². The molecular formula is C11H17N3O3. The van der Waals surface area contributed by atoms with Gasteiger partial charge in [-0.05, 0) is 13.3 Å². The third-order valence-corrected chi connectivity index (χ3v) is 2.41. The smallest absolute Gasteiger partial charge is 0.274 e. The van der Waals surface area contributed by atoms with E-state index in [2.05, 4.69) is 15.6 Å². The Hall–Kier alpha value is -1.85. The second kappa shape index (κ2) is 6.03. The van der Waals surface area contributed by atoms with Crippen LogP contribution in [0.2, 0.25) is 0 Å². The number of aryl methyl sites for hydroxylation is 1. The van der Waals surface area contributed by atoms with Crippen LogP contribution in [0.3, 0.4) is 0 Å².